The highest BCUT2D eigenvalue weighted by Crippen LogP contribution is 2.40. The Hall–Kier alpha value is -2.71. The van der Waals surface area contributed by atoms with Crippen molar-refractivity contribution >= 4 is 34.2 Å². The first-order chi connectivity index (χ1) is 13.7. The standard InChI is InChI=1S/C20H21N5O2S/c1-28-20-19(25(26)27)18(17-16(22-20)8-5-9-21-17)24-12-10-23(11-13-24)14-15-6-3-2-4-7-15/h2-9H,10-14H2,1H3. The third-order valence-corrected chi connectivity index (χ3v) is 5.64. The Kier molecular flexibility index (Phi) is 5.40. The van der Waals surface area contributed by atoms with Gasteiger partial charge in [-0.2, -0.15) is 0 Å². The van der Waals surface area contributed by atoms with Gasteiger partial charge in [0.05, 0.1) is 10.4 Å². The fourth-order valence-electron chi connectivity index (χ4n) is 3.62. The van der Waals surface area contributed by atoms with Gasteiger partial charge in [-0.15, -0.1) is 11.8 Å². The van der Waals surface area contributed by atoms with Crippen LogP contribution in [0.1, 0.15) is 5.56 Å². The number of nitrogens with zero attached hydrogens (tertiary/aromatic N) is 5. The number of thioether (sulfide) groups is 1. The first kappa shape index (κ1) is 18.6. The first-order valence-electron chi connectivity index (χ1n) is 9.15. The molecule has 0 N–H and O–H groups in total. The number of hydrogen-bond acceptors (Lipinski definition) is 7. The molecule has 0 atom stereocenters. The lowest BCUT2D eigenvalue weighted by molar-refractivity contribution is -0.387. The molecule has 8 heteroatoms. The van der Waals surface area contributed by atoms with Gasteiger partial charge < -0.3 is 4.90 Å². The number of rotatable bonds is 5. The summed E-state index contributed by atoms with van der Waals surface area (Å²) >= 11 is 1.30. The fourth-order valence-corrected chi connectivity index (χ4v) is 4.18. The number of benzene rings is 1. The van der Waals surface area contributed by atoms with Crippen LogP contribution in [0.5, 0.6) is 0 Å². The van der Waals surface area contributed by atoms with Crippen LogP contribution in [0.3, 0.4) is 0 Å². The number of piperazine rings is 1. The summed E-state index contributed by atoms with van der Waals surface area (Å²) in [6.45, 7) is 4.02. The SMILES string of the molecule is CSc1nc2cccnc2c(N2CCN(Cc3ccccc3)CC2)c1[N+](=O)[O-]. The second kappa shape index (κ2) is 8.12. The molecule has 1 aromatic carbocycles. The van der Waals surface area contributed by atoms with Gasteiger partial charge in [0.2, 0.25) is 0 Å². The summed E-state index contributed by atoms with van der Waals surface area (Å²) in [5, 5.41) is 12.3. The third kappa shape index (κ3) is 3.65. The quantitative estimate of drug-likeness (QED) is 0.371. The molecule has 1 fully saturated rings. The van der Waals surface area contributed by atoms with Crippen molar-refractivity contribution in [3.63, 3.8) is 0 Å². The summed E-state index contributed by atoms with van der Waals surface area (Å²) in [6, 6.07) is 14.0. The fraction of sp³-hybridized carbons (Fsp3) is 0.300. The number of fused-ring (bicyclic) bond motifs is 1. The van der Waals surface area contributed by atoms with Crippen molar-refractivity contribution in [1.29, 1.82) is 0 Å². The molecule has 2 aromatic heterocycles. The van der Waals surface area contributed by atoms with Crippen molar-refractivity contribution < 1.29 is 4.92 Å². The highest BCUT2D eigenvalue weighted by Gasteiger charge is 2.31. The topological polar surface area (TPSA) is 75.4 Å². The molecule has 0 aliphatic carbocycles. The van der Waals surface area contributed by atoms with E-state index in [4.69, 9.17) is 0 Å². The molecular weight excluding hydrogens is 374 g/mol. The van der Waals surface area contributed by atoms with Crippen molar-refractivity contribution in [2.45, 2.75) is 11.6 Å². The third-order valence-electron chi connectivity index (χ3n) is 4.97. The van der Waals surface area contributed by atoms with Crippen LogP contribution in [0.25, 0.3) is 11.0 Å². The van der Waals surface area contributed by atoms with Crippen molar-refractivity contribution in [2.75, 3.05) is 37.3 Å². The molecule has 1 aliphatic heterocycles. The van der Waals surface area contributed by atoms with Crippen LogP contribution >= 0.6 is 11.8 Å². The molecule has 7 nitrogen and oxygen atoms in total. The minimum Gasteiger partial charge on any atom is -0.361 e. The number of anilines is 1. The summed E-state index contributed by atoms with van der Waals surface area (Å²) in [5.41, 5.74) is 3.24. The molecule has 3 aromatic rings. The van der Waals surface area contributed by atoms with E-state index in [9.17, 15) is 10.1 Å². The summed E-state index contributed by atoms with van der Waals surface area (Å²) in [4.78, 5) is 24.9. The predicted octanol–water partition coefficient (Wildman–Crippen LogP) is 3.58. The second-order valence-electron chi connectivity index (χ2n) is 6.70. The maximum Gasteiger partial charge on any atom is 0.326 e. The maximum absolute atomic E-state index is 11.9. The van der Waals surface area contributed by atoms with Gasteiger partial charge >= 0.3 is 5.69 Å². The van der Waals surface area contributed by atoms with Crippen LogP contribution in [0.2, 0.25) is 0 Å². The highest BCUT2D eigenvalue weighted by molar-refractivity contribution is 7.98. The molecule has 0 spiro atoms. The number of hydrogen-bond donors (Lipinski definition) is 0. The van der Waals surface area contributed by atoms with E-state index in [-0.39, 0.29) is 10.6 Å². The Balaban J connectivity index is 1.64. The first-order valence-corrected chi connectivity index (χ1v) is 10.4. The minimum atomic E-state index is -0.321. The average Bonchev–Trinajstić information content (AvgIpc) is 2.73. The van der Waals surface area contributed by atoms with Gasteiger partial charge in [0, 0.05) is 38.9 Å². The Labute approximate surface area is 167 Å². The average molecular weight is 395 g/mol. The Morgan fingerprint density at radius 1 is 1.11 bits per heavy atom. The Morgan fingerprint density at radius 3 is 2.54 bits per heavy atom. The van der Waals surface area contributed by atoms with E-state index in [1.165, 1.54) is 17.3 Å². The lowest BCUT2D eigenvalue weighted by Crippen LogP contribution is -2.46. The van der Waals surface area contributed by atoms with E-state index in [1.54, 1.807) is 6.20 Å². The van der Waals surface area contributed by atoms with Crippen molar-refractivity contribution in [1.82, 2.24) is 14.9 Å². The molecule has 0 unspecified atom stereocenters. The Morgan fingerprint density at radius 2 is 1.86 bits per heavy atom. The Bertz CT molecular complexity index is 991. The van der Waals surface area contributed by atoms with Crippen molar-refractivity contribution in [2.24, 2.45) is 0 Å². The molecule has 3 heterocycles. The number of aromatic nitrogens is 2. The van der Waals surface area contributed by atoms with Gasteiger partial charge in [-0.3, -0.25) is 20.0 Å². The van der Waals surface area contributed by atoms with Crippen LogP contribution in [0, 0.1) is 10.1 Å². The normalized spacial score (nSPS) is 15.1. The van der Waals surface area contributed by atoms with E-state index < -0.39 is 0 Å². The lowest BCUT2D eigenvalue weighted by atomic mass is 10.1. The van der Waals surface area contributed by atoms with Crippen LogP contribution in [0.15, 0.2) is 53.7 Å². The highest BCUT2D eigenvalue weighted by atomic mass is 32.2. The molecule has 0 bridgehead atoms. The summed E-state index contributed by atoms with van der Waals surface area (Å²) < 4.78 is 0. The zero-order valence-electron chi connectivity index (χ0n) is 15.6. The lowest BCUT2D eigenvalue weighted by Gasteiger charge is -2.36. The molecular formula is C20H21N5O2S. The van der Waals surface area contributed by atoms with Crippen molar-refractivity contribution in [3.8, 4) is 0 Å². The summed E-state index contributed by atoms with van der Waals surface area (Å²) in [5.74, 6) is 0. The zero-order chi connectivity index (χ0) is 19.5. The molecule has 4 rings (SSSR count). The summed E-state index contributed by atoms with van der Waals surface area (Å²) in [6.07, 6.45) is 3.49. The molecule has 144 valence electrons. The van der Waals surface area contributed by atoms with E-state index in [2.05, 4.69) is 31.9 Å². The van der Waals surface area contributed by atoms with Gasteiger partial charge in [0.1, 0.15) is 11.2 Å². The van der Waals surface area contributed by atoms with Gasteiger partial charge in [-0.25, -0.2) is 4.98 Å². The predicted molar refractivity (Wildman–Crippen MR) is 112 cm³/mol. The van der Waals surface area contributed by atoms with Crippen LogP contribution < -0.4 is 4.90 Å². The largest absolute Gasteiger partial charge is 0.361 e. The zero-order valence-corrected chi connectivity index (χ0v) is 16.4. The smallest absolute Gasteiger partial charge is 0.326 e. The van der Waals surface area contributed by atoms with Gasteiger partial charge in [0.25, 0.3) is 0 Å². The molecule has 0 saturated carbocycles. The van der Waals surface area contributed by atoms with Gasteiger partial charge in [-0.1, -0.05) is 30.3 Å². The second-order valence-corrected chi connectivity index (χ2v) is 7.49. The van der Waals surface area contributed by atoms with E-state index >= 15 is 0 Å². The minimum absolute atomic E-state index is 0.0650. The number of pyridine rings is 2. The molecule has 0 amide bonds. The van der Waals surface area contributed by atoms with Gasteiger partial charge in [-0.05, 0) is 24.0 Å². The monoisotopic (exact) mass is 395 g/mol. The molecule has 28 heavy (non-hydrogen) atoms. The summed E-state index contributed by atoms with van der Waals surface area (Å²) in [7, 11) is 0. The van der Waals surface area contributed by atoms with Crippen LogP contribution in [-0.4, -0.2) is 52.2 Å². The maximum atomic E-state index is 11.9. The number of nitro groups is 1. The van der Waals surface area contributed by atoms with E-state index in [0.29, 0.717) is 21.7 Å². The van der Waals surface area contributed by atoms with Crippen molar-refractivity contribution in [3.05, 3.63) is 64.3 Å². The molecule has 0 radical (unpaired) electrons. The van der Waals surface area contributed by atoms with Crippen LogP contribution in [-0.2, 0) is 6.54 Å². The van der Waals surface area contributed by atoms with E-state index in [0.717, 1.165) is 32.7 Å². The van der Waals surface area contributed by atoms with Gasteiger partial charge in [0.15, 0.2) is 5.03 Å². The molecule has 1 aliphatic rings. The van der Waals surface area contributed by atoms with E-state index in [1.807, 2.05) is 36.6 Å². The molecule has 1 saturated heterocycles. The van der Waals surface area contributed by atoms with Crippen LogP contribution in [0.4, 0.5) is 11.4 Å².